The van der Waals surface area contributed by atoms with Crippen molar-refractivity contribution in [3.05, 3.63) is 10.5 Å². The molecule has 1 atom stereocenters. The number of hydrogen-bond donors (Lipinski definition) is 1. The summed E-state index contributed by atoms with van der Waals surface area (Å²) in [4.78, 5) is 11.5. The molecule has 0 amide bonds. The van der Waals surface area contributed by atoms with Gasteiger partial charge < -0.3 is 0 Å². The van der Waals surface area contributed by atoms with Crippen molar-refractivity contribution in [2.75, 3.05) is 5.75 Å². The van der Waals surface area contributed by atoms with Crippen molar-refractivity contribution in [2.24, 2.45) is 5.92 Å². The Bertz CT molecular complexity index is 443. The van der Waals surface area contributed by atoms with Gasteiger partial charge in [0.25, 0.3) is 0 Å². The van der Waals surface area contributed by atoms with Crippen LogP contribution in [0.15, 0.2) is 9.95 Å². The fraction of sp³-hybridized carbons (Fsp3) is 0.800. The largest absolute Gasteiger partial charge is 0.343 e. The smallest absolute Gasteiger partial charge is 0.270 e. The normalized spacial score (nSPS) is 21.7. The van der Waals surface area contributed by atoms with E-state index in [1.165, 1.54) is 0 Å². The summed E-state index contributed by atoms with van der Waals surface area (Å²) >= 11 is 13.5. The molecule has 1 N–H and O–H groups in total. The van der Waals surface area contributed by atoms with E-state index in [1.54, 1.807) is 16.3 Å². The van der Waals surface area contributed by atoms with Crippen LogP contribution in [0.25, 0.3) is 0 Å². The summed E-state index contributed by atoms with van der Waals surface area (Å²) in [5, 5.41) is 7.24. The number of nitrogens with zero attached hydrogens (tertiary/aromatic N) is 2. The van der Waals surface area contributed by atoms with Crippen LogP contribution in [0.4, 0.5) is 0 Å². The Morgan fingerprint density at radius 1 is 1.65 bits per heavy atom. The van der Waals surface area contributed by atoms with Gasteiger partial charge in [-0.1, -0.05) is 25.1 Å². The summed E-state index contributed by atoms with van der Waals surface area (Å²) in [6.45, 7) is 2.81. The lowest BCUT2D eigenvalue weighted by molar-refractivity contribution is 0.572. The molecule has 96 valence electrons. The average Bonchev–Trinajstić information content (AvgIpc) is 2.74. The van der Waals surface area contributed by atoms with Crippen molar-refractivity contribution in [2.45, 2.75) is 42.2 Å². The number of hydrogen-bond acceptors (Lipinski definition) is 3. The van der Waals surface area contributed by atoms with Gasteiger partial charge in [-0.3, -0.25) is 4.57 Å². The van der Waals surface area contributed by atoms with E-state index in [-0.39, 0.29) is 5.69 Å². The molecule has 1 fully saturated rings. The van der Waals surface area contributed by atoms with E-state index in [0.717, 1.165) is 30.2 Å². The van der Waals surface area contributed by atoms with Crippen LogP contribution < -0.4 is 5.69 Å². The number of nitrogens with one attached hydrogen (secondary N) is 1. The van der Waals surface area contributed by atoms with Crippen LogP contribution in [-0.4, -0.2) is 24.9 Å². The monoisotopic (exact) mass is 295 g/mol. The highest BCUT2D eigenvalue weighted by Gasteiger charge is 2.51. The standard InChI is InChI=1S/C10H15Cl2N3OS/c1-2-3-4-15-8(16)13-14-9(15)17-6-7-5-10(7,11)12/h7H,2-6H2,1H3,(H,13,16)/t7-/m0/s1. The Kier molecular flexibility index (Phi) is 4.10. The Morgan fingerprint density at radius 3 is 2.94 bits per heavy atom. The maximum Gasteiger partial charge on any atom is 0.343 e. The van der Waals surface area contributed by atoms with E-state index in [2.05, 4.69) is 17.1 Å². The summed E-state index contributed by atoms with van der Waals surface area (Å²) in [6.07, 6.45) is 2.86. The molecular weight excluding hydrogens is 281 g/mol. The molecule has 0 spiro atoms. The molecule has 17 heavy (non-hydrogen) atoms. The van der Waals surface area contributed by atoms with Gasteiger partial charge in [0.1, 0.15) is 4.33 Å². The molecule has 7 heteroatoms. The van der Waals surface area contributed by atoms with Crippen molar-refractivity contribution in [1.29, 1.82) is 0 Å². The minimum atomic E-state index is -0.558. The van der Waals surface area contributed by atoms with Crippen molar-refractivity contribution < 1.29 is 0 Å². The van der Waals surface area contributed by atoms with Crippen molar-refractivity contribution in [3.63, 3.8) is 0 Å². The van der Waals surface area contributed by atoms with E-state index in [9.17, 15) is 4.79 Å². The number of halogens is 2. The van der Waals surface area contributed by atoms with Gasteiger partial charge in [-0.25, -0.2) is 9.89 Å². The molecular formula is C10H15Cl2N3OS. The predicted octanol–water partition coefficient (Wildman–Crippen LogP) is 2.66. The Morgan fingerprint density at radius 2 is 2.35 bits per heavy atom. The lowest BCUT2D eigenvalue weighted by Gasteiger charge is -2.04. The SMILES string of the molecule is CCCCn1c(SC[C@@H]2CC2(Cl)Cl)n[nH]c1=O. The Balaban J connectivity index is 1.94. The third-order valence-corrected chi connectivity index (χ3v) is 4.89. The van der Waals surface area contributed by atoms with Gasteiger partial charge in [0.15, 0.2) is 5.16 Å². The van der Waals surface area contributed by atoms with Gasteiger partial charge in [0.2, 0.25) is 0 Å². The summed E-state index contributed by atoms with van der Waals surface area (Å²) in [6, 6.07) is 0. The quantitative estimate of drug-likeness (QED) is 0.648. The lowest BCUT2D eigenvalue weighted by Crippen LogP contribution is -2.17. The van der Waals surface area contributed by atoms with E-state index in [4.69, 9.17) is 23.2 Å². The van der Waals surface area contributed by atoms with Gasteiger partial charge >= 0.3 is 5.69 Å². The molecule has 0 aromatic carbocycles. The molecule has 1 saturated carbocycles. The van der Waals surface area contributed by atoms with Crippen LogP contribution in [0.5, 0.6) is 0 Å². The predicted molar refractivity (Wildman–Crippen MR) is 71.0 cm³/mol. The second-order valence-electron chi connectivity index (χ2n) is 4.29. The molecule has 4 nitrogen and oxygen atoms in total. The van der Waals surface area contributed by atoms with Crippen molar-refractivity contribution in [1.82, 2.24) is 14.8 Å². The molecule has 1 aromatic rings. The number of H-pyrrole nitrogens is 1. The lowest BCUT2D eigenvalue weighted by atomic mass is 10.3. The minimum Gasteiger partial charge on any atom is -0.270 e. The fourth-order valence-electron chi connectivity index (χ4n) is 1.55. The molecule has 0 radical (unpaired) electrons. The van der Waals surface area contributed by atoms with Crippen LogP contribution in [0.3, 0.4) is 0 Å². The van der Waals surface area contributed by atoms with E-state index >= 15 is 0 Å². The van der Waals surface area contributed by atoms with Crippen LogP contribution in [0, 0.1) is 5.92 Å². The number of unbranched alkanes of at least 4 members (excludes halogenated alkanes) is 1. The molecule has 2 rings (SSSR count). The van der Waals surface area contributed by atoms with Crippen LogP contribution in [0.2, 0.25) is 0 Å². The van der Waals surface area contributed by atoms with Gasteiger partial charge in [-0.2, -0.15) is 0 Å². The summed E-state index contributed by atoms with van der Waals surface area (Å²) in [7, 11) is 0. The zero-order valence-corrected chi connectivity index (χ0v) is 11.9. The first-order valence-electron chi connectivity index (χ1n) is 5.70. The van der Waals surface area contributed by atoms with Gasteiger partial charge in [0, 0.05) is 18.2 Å². The highest BCUT2D eigenvalue weighted by molar-refractivity contribution is 7.99. The number of alkyl halides is 2. The molecule has 0 bridgehead atoms. The number of aromatic nitrogens is 3. The fourth-order valence-corrected chi connectivity index (χ4v) is 3.46. The second kappa shape index (κ2) is 5.24. The first-order chi connectivity index (χ1) is 8.04. The number of rotatable bonds is 6. The first-order valence-corrected chi connectivity index (χ1v) is 7.44. The topological polar surface area (TPSA) is 50.7 Å². The summed E-state index contributed by atoms with van der Waals surface area (Å²) in [5.41, 5.74) is -0.139. The number of thioether (sulfide) groups is 1. The molecule has 0 aliphatic heterocycles. The zero-order chi connectivity index (χ0) is 12.5. The van der Waals surface area contributed by atoms with Crippen LogP contribution in [-0.2, 0) is 6.54 Å². The highest BCUT2D eigenvalue weighted by atomic mass is 35.5. The summed E-state index contributed by atoms with van der Waals surface area (Å²) < 4.78 is 1.12. The molecule has 0 unspecified atom stereocenters. The zero-order valence-electron chi connectivity index (χ0n) is 9.58. The molecule has 1 aliphatic carbocycles. The molecule has 0 saturated heterocycles. The van der Waals surface area contributed by atoms with Crippen molar-refractivity contribution >= 4 is 35.0 Å². The maximum absolute atomic E-state index is 11.5. The van der Waals surface area contributed by atoms with Gasteiger partial charge in [-0.15, -0.1) is 28.3 Å². The second-order valence-corrected chi connectivity index (χ2v) is 6.82. The third-order valence-electron chi connectivity index (χ3n) is 2.83. The molecule has 1 aliphatic rings. The Labute approximate surface area is 114 Å². The first kappa shape index (κ1) is 13.3. The third kappa shape index (κ3) is 3.20. The molecule has 1 heterocycles. The summed E-state index contributed by atoms with van der Waals surface area (Å²) in [5.74, 6) is 1.12. The number of aromatic amines is 1. The van der Waals surface area contributed by atoms with Gasteiger partial charge in [0.05, 0.1) is 0 Å². The van der Waals surface area contributed by atoms with Gasteiger partial charge in [-0.05, 0) is 12.8 Å². The van der Waals surface area contributed by atoms with E-state index in [1.807, 2.05) is 0 Å². The Hall–Kier alpha value is -0.130. The minimum absolute atomic E-state index is 0.139. The highest BCUT2D eigenvalue weighted by Crippen LogP contribution is 2.54. The van der Waals surface area contributed by atoms with Crippen molar-refractivity contribution in [3.8, 4) is 0 Å². The van der Waals surface area contributed by atoms with Crippen LogP contribution >= 0.6 is 35.0 Å². The van der Waals surface area contributed by atoms with E-state index in [0.29, 0.717) is 12.5 Å². The van der Waals surface area contributed by atoms with Crippen LogP contribution in [0.1, 0.15) is 26.2 Å². The van der Waals surface area contributed by atoms with E-state index < -0.39 is 4.33 Å². The average molecular weight is 296 g/mol. The maximum atomic E-state index is 11.5. The molecule has 1 aromatic heterocycles.